The van der Waals surface area contributed by atoms with Gasteiger partial charge in [0.1, 0.15) is 0 Å². The van der Waals surface area contributed by atoms with E-state index < -0.39 is 0 Å². The van der Waals surface area contributed by atoms with Crippen molar-refractivity contribution in [3.8, 4) is 0 Å². The van der Waals surface area contributed by atoms with E-state index in [4.69, 9.17) is 4.74 Å². The topological polar surface area (TPSA) is 41.6 Å². The zero-order chi connectivity index (χ0) is 21.5. The highest BCUT2D eigenvalue weighted by atomic mass is 16.5. The van der Waals surface area contributed by atoms with Gasteiger partial charge in [0.25, 0.3) is 0 Å². The molecule has 0 aromatic heterocycles. The molecule has 0 bridgehead atoms. The molecule has 0 aromatic rings. The Balaban J connectivity index is 1.35. The average Bonchev–Trinajstić information content (AvgIpc) is 3.22. The minimum Gasteiger partial charge on any atom is -0.381 e. The molecule has 2 amide bonds. The molecule has 0 aliphatic heterocycles. The highest BCUT2D eigenvalue weighted by molar-refractivity contribution is 5.73. The predicted molar refractivity (Wildman–Crippen MR) is 120 cm³/mol. The highest BCUT2D eigenvalue weighted by Gasteiger charge is 2.77. The maximum Gasteiger partial charge on any atom is 0.316 e. The summed E-state index contributed by atoms with van der Waals surface area (Å²) in [5, 5.41) is 3.16. The molecule has 0 aromatic carbocycles. The first kappa shape index (κ1) is 21.1. The van der Waals surface area contributed by atoms with E-state index in [0.717, 1.165) is 36.1 Å². The van der Waals surface area contributed by atoms with Crippen molar-refractivity contribution in [1.82, 2.24) is 10.2 Å². The van der Waals surface area contributed by atoms with E-state index in [1.165, 1.54) is 51.4 Å². The second kappa shape index (κ2) is 6.86. The molecule has 5 saturated carbocycles. The van der Waals surface area contributed by atoms with E-state index in [1.807, 2.05) is 21.2 Å². The number of nitrogens with one attached hydrogen (secondary N) is 1. The van der Waals surface area contributed by atoms with E-state index in [1.54, 1.807) is 4.90 Å². The van der Waals surface area contributed by atoms with E-state index in [0.29, 0.717) is 28.3 Å². The van der Waals surface area contributed by atoms with Crippen LogP contribution in [0.5, 0.6) is 0 Å². The Morgan fingerprint density at radius 2 is 1.90 bits per heavy atom. The molecule has 4 heteroatoms. The van der Waals surface area contributed by atoms with Gasteiger partial charge in [-0.25, -0.2) is 4.79 Å². The lowest BCUT2D eigenvalue weighted by Crippen LogP contribution is -2.57. The quantitative estimate of drug-likeness (QED) is 0.686. The van der Waals surface area contributed by atoms with Crippen molar-refractivity contribution in [2.24, 2.45) is 51.8 Å². The lowest BCUT2D eigenvalue weighted by atomic mass is 9.45. The van der Waals surface area contributed by atoms with Crippen LogP contribution in [0.3, 0.4) is 0 Å². The maximum absolute atomic E-state index is 12.1. The van der Waals surface area contributed by atoms with Crippen LogP contribution in [0.2, 0.25) is 0 Å². The zero-order valence-corrected chi connectivity index (χ0v) is 20.2. The number of fused-ring (bicyclic) bond motifs is 4. The van der Waals surface area contributed by atoms with Gasteiger partial charge in [-0.05, 0) is 97.7 Å². The van der Waals surface area contributed by atoms with Gasteiger partial charge in [0, 0.05) is 33.2 Å². The summed E-state index contributed by atoms with van der Waals surface area (Å²) < 4.78 is 6.25. The molecule has 4 nitrogen and oxygen atoms in total. The molecule has 1 N–H and O–H groups in total. The highest BCUT2D eigenvalue weighted by Crippen LogP contribution is 2.82. The Kier molecular flexibility index (Phi) is 4.83. The van der Waals surface area contributed by atoms with Crippen LogP contribution in [-0.4, -0.2) is 44.8 Å². The Bertz CT molecular complexity index is 709. The van der Waals surface area contributed by atoms with Gasteiger partial charge >= 0.3 is 6.03 Å². The number of amides is 2. The first-order valence-corrected chi connectivity index (χ1v) is 12.7. The van der Waals surface area contributed by atoms with Crippen LogP contribution < -0.4 is 5.32 Å². The van der Waals surface area contributed by atoms with Crippen LogP contribution in [0, 0.1) is 51.8 Å². The van der Waals surface area contributed by atoms with Crippen LogP contribution in [-0.2, 0) is 4.74 Å². The first-order valence-electron chi connectivity index (χ1n) is 12.7. The van der Waals surface area contributed by atoms with Crippen molar-refractivity contribution in [3.63, 3.8) is 0 Å². The van der Waals surface area contributed by atoms with Crippen molar-refractivity contribution >= 4 is 6.03 Å². The fraction of sp³-hybridized carbons (Fsp3) is 0.962. The van der Waals surface area contributed by atoms with Crippen LogP contribution in [0.25, 0.3) is 0 Å². The second-order valence-electron chi connectivity index (χ2n) is 12.5. The number of hydrogen-bond acceptors (Lipinski definition) is 2. The molecule has 30 heavy (non-hydrogen) atoms. The molecule has 0 saturated heterocycles. The van der Waals surface area contributed by atoms with Crippen LogP contribution in [0.1, 0.15) is 72.1 Å². The smallest absolute Gasteiger partial charge is 0.316 e. The summed E-state index contributed by atoms with van der Waals surface area (Å²) in [5.41, 5.74) is 1.48. The van der Waals surface area contributed by atoms with Gasteiger partial charge in [0.2, 0.25) is 0 Å². The first-order chi connectivity index (χ1) is 14.2. The predicted octanol–water partition coefficient (Wildman–Crippen LogP) is 5.18. The molecule has 1 spiro atoms. The summed E-state index contributed by atoms with van der Waals surface area (Å²) in [5.74, 6) is 4.83. The summed E-state index contributed by atoms with van der Waals surface area (Å²) in [6.07, 6.45) is 11.7. The van der Waals surface area contributed by atoms with Gasteiger partial charge in [0.15, 0.2) is 0 Å². The summed E-state index contributed by atoms with van der Waals surface area (Å²) in [6.45, 7) is 8.46. The number of hydrogen-bond donors (Lipinski definition) is 1. The van der Waals surface area contributed by atoms with Gasteiger partial charge in [0.05, 0.1) is 6.10 Å². The molecule has 0 heterocycles. The molecule has 5 aliphatic carbocycles. The number of methoxy groups -OCH3 is 1. The SMILES string of the molecule is COC1C[C@H]2[C@@H]3CC[C@H]([C@H](C)CNC(=O)N(C)C)[C@@]3(C)CC[C@@H]2[C@@]2(C)CC[C@@H]3CC132. The summed E-state index contributed by atoms with van der Waals surface area (Å²) >= 11 is 0. The van der Waals surface area contributed by atoms with Gasteiger partial charge in [-0.2, -0.15) is 0 Å². The third kappa shape index (κ3) is 2.58. The van der Waals surface area contributed by atoms with E-state index >= 15 is 0 Å². The van der Waals surface area contributed by atoms with Gasteiger partial charge < -0.3 is 15.0 Å². The Hall–Kier alpha value is -0.770. The number of nitrogens with zero attached hydrogens (tertiary/aromatic N) is 1. The molecule has 10 atom stereocenters. The minimum atomic E-state index is 0.0407. The van der Waals surface area contributed by atoms with Crippen molar-refractivity contribution in [1.29, 1.82) is 0 Å². The molecule has 5 rings (SSSR count). The normalized spacial score (nSPS) is 51.9. The Morgan fingerprint density at radius 1 is 1.13 bits per heavy atom. The maximum atomic E-state index is 12.1. The summed E-state index contributed by atoms with van der Waals surface area (Å²) in [4.78, 5) is 13.7. The molecule has 0 radical (unpaired) electrons. The number of rotatable bonds is 4. The fourth-order valence-corrected chi connectivity index (χ4v) is 10.1. The molecular formula is C26H44N2O2. The number of carbonyl (C=O) groups is 1. The lowest BCUT2D eigenvalue weighted by Gasteiger charge is -2.61. The monoisotopic (exact) mass is 416 g/mol. The number of carbonyl (C=O) groups excluding carboxylic acids is 1. The van der Waals surface area contributed by atoms with E-state index in [-0.39, 0.29) is 6.03 Å². The average molecular weight is 417 g/mol. The summed E-state index contributed by atoms with van der Waals surface area (Å²) in [6, 6.07) is 0.0407. The van der Waals surface area contributed by atoms with Crippen molar-refractivity contribution in [2.45, 2.75) is 78.2 Å². The van der Waals surface area contributed by atoms with Crippen LogP contribution in [0.4, 0.5) is 4.79 Å². The van der Waals surface area contributed by atoms with Crippen molar-refractivity contribution in [2.75, 3.05) is 27.7 Å². The van der Waals surface area contributed by atoms with Gasteiger partial charge in [-0.1, -0.05) is 20.8 Å². The van der Waals surface area contributed by atoms with Crippen molar-refractivity contribution < 1.29 is 9.53 Å². The van der Waals surface area contributed by atoms with E-state index in [2.05, 4.69) is 26.1 Å². The van der Waals surface area contributed by atoms with Crippen molar-refractivity contribution in [3.05, 3.63) is 0 Å². The standard InChI is InChI=1S/C26H44N2O2/c1-16(15-27-23(29)28(4)5)19-7-8-20-18-13-22(30-6)26-14-17(26)9-12-25(26,3)21(18)10-11-24(19,20)2/h16-22H,7-15H2,1-6H3,(H,27,29)/t16-,17-,18+,19-,20+,21+,22?,24-,25-,26?/m1/s1. The third-order valence-corrected chi connectivity index (χ3v) is 11.6. The van der Waals surface area contributed by atoms with E-state index in [9.17, 15) is 4.79 Å². The van der Waals surface area contributed by atoms with Gasteiger partial charge in [-0.15, -0.1) is 0 Å². The fourth-order valence-electron chi connectivity index (χ4n) is 10.1. The lowest BCUT2D eigenvalue weighted by molar-refractivity contribution is -0.160. The number of urea groups is 1. The molecule has 170 valence electrons. The van der Waals surface area contributed by atoms with Crippen LogP contribution >= 0.6 is 0 Å². The van der Waals surface area contributed by atoms with Gasteiger partial charge in [-0.3, -0.25) is 0 Å². The largest absolute Gasteiger partial charge is 0.381 e. The second-order valence-corrected chi connectivity index (χ2v) is 12.5. The Morgan fingerprint density at radius 3 is 2.57 bits per heavy atom. The molecule has 5 fully saturated rings. The van der Waals surface area contributed by atoms with Crippen LogP contribution in [0.15, 0.2) is 0 Å². The zero-order valence-electron chi connectivity index (χ0n) is 20.2. The Labute approximate surface area is 183 Å². The minimum absolute atomic E-state index is 0.0407. The molecule has 2 unspecified atom stereocenters. The number of ether oxygens (including phenoxy) is 1. The third-order valence-electron chi connectivity index (χ3n) is 11.6. The summed E-state index contributed by atoms with van der Waals surface area (Å²) in [7, 11) is 5.64. The molecule has 5 aliphatic rings. The molecular weight excluding hydrogens is 372 g/mol.